The van der Waals surface area contributed by atoms with E-state index in [-0.39, 0.29) is 5.54 Å². The summed E-state index contributed by atoms with van der Waals surface area (Å²) in [6.07, 6.45) is 3.10. The van der Waals surface area contributed by atoms with Crippen molar-refractivity contribution >= 4 is 11.3 Å². The van der Waals surface area contributed by atoms with Crippen molar-refractivity contribution in [1.29, 1.82) is 0 Å². The summed E-state index contributed by atoms with van der Waals surface area (Å²) in [4.78, 5) is 6.95. The molecule has 0 aliphatic carbocycles. The van der Waals surface area contributed by atoms with E-state index in [2.05, 4.69) is 41.4 Å². The fourth-order valence-corrected chi connectivity index (χ4v) is 2.95. The van der Waals surface area contributed by atoms with E-state index in [4.69, 9.17) is 0 Å². The summed E-state index contributed by atoms with van der Waals surface area (Å²) >= 11 is 1.76. The lowest BCUT2D eigenvalue weighted by atomic mass is 9.98. The number of nitrogens with zero attached hydrogens (tertiary/aromatic N) is 2. The molecule has 90 valence electrons. The smallest absolute Gasteiger partial charge is 0.107 e. The third kappa shape index (κ3) is 2.81. The summed E-state index contributed by atoms with van der Waals surface area (Å²) in [5, 5.41) is 6.90. The first-order valence-corrected chi connectivity index (χ1v) is 6.86. The molecule has 1 saturated heterocycles. The summed E-state index contributed by atoms with van der Waals surface area (Å²) in [6.45, 7) is 10.0. The van der Waals surface area contributed by atoms with Gasteiger partial charge in [-0.05, 0) is 20.3 Å². The van der Waals surface area contributed by atoms with E-state index < -0.39 is 0 Å². The van der Waals surface area contributed by atoms with E-state index in [1.54, 1.807) is 11.3 Å². The standard InChI is InChI=1S/C12H21N3S/c1-4-10-7-14-12(2,3)9-15(10)8-11-13-5-6-16-11/h5-6,10,14H,4,7-9H2,1-3H3. The Balaban J connectivity index is 2.03. The van der Waals surface area contributed by atoms with Gasteiger partial charge in [0.05, 0.1) is 6.54 Å². The van der Waals surface area contributed by atoms with Gasteiger partial charge < -0.3 is 5.32 Å². The summed E-state index contributed by atoms with van der Waals surface area (Å²) in [7, 11) is 0. The van der Waals surface area contributed by atoms with Crippen molar-refractivity contribution < 1.29 is 0 Å². The van der Waals surface area contributed by atoms with Gasteiger partial charge >= 0.3 is 0 Å². The maximum absolute atomic E-state index is 4.38. The van der Waals surface area contributed by atoms with Crippen molar-refractivity contribution in [3.05, 3.63) is 16.6 Å². The van der Waals surface area contributed by atoms with Crippen LogP contribution in [0.2, 0.25) is 0 Å². The zero-order valence-corrected chi connectivity index (χ0v) is 11.2. The van der Waals surface area contributed by atoms with Crippen LogP contribution >= 0.6 is 11.3 Å². The first-order chi connectivity index (χ1) is 7.61. The van der Waals surface area contributed by atoms with Crippen LogP contribution in [0.3, 0.4) is 0 Å². The average molecular weight is 239 g/mol. The lowest BCUT2D eigenvalue weighted by molar-refractivity contribution is 0.0858. The lowest BCUT2D eigenvalue weighted by Gasteiger charge is -2.44. The minimum Gasteiger partial charge on any atom is -0.309 e. The molecule has 1 aromatic rings. The zero-order valence-electron chi connectivity index (χ0n) is 10.4. The fraction of sp³-hybridized carbons (Fsp3) is 0.750. The number of aromatic nitrogens is 1. The van der Waals surface area contributed by atoms with Gasteiger partial charge in [0, 0.05) is 36.2 Å². The molecule has 0 amide bonds. The first-order valence-electron chi connectivity index (χ1n) is 5.98. The summed E-state index contributed by atoms with van der Waals surface area (Å²) < 4.78 is 0. The molecular weight excluding hydrogens is 218 g/mol. The van der Waals surface area contributed by atoms with Gasteiger partial charge in [-0.15, -0.1) is 11.3 Å². The van der Waals surface area contributed by atoms with Gasteiger partial charge in [0.2, 0.25) is 0 Å². The predicted octanol–water partition coefficient (Wildman–Crippen LogP) is 2.11. The van der Waals surface area contributed by atoms with Crippen molar-refractivity contribution in [2.24, 2.45) is 0 Å². The van der Waals surface area contributed by atoms with Crippen molar-refractivity contribution in [3.63, 3.8) is 0 Å². The van der Waals surface area contributed by atoms with Gasteiger partial charge in [0.25, 0.3) is 0 Å². The molecule has 16 heavy (non-hydrogen) atoms. The van der Waals surface area contributed by atoms with Crippen LogP contribution in [0.4, 0.5) is 0 Å². The third-order valence-corrected chi connectivity index (χ3v) is 3.99. The van der Waals surface area contributed by atoms with Crippen molar-refractivity contribution in [1.82, 2.24) is 15.2 Å². The number of rotatable bonds is 3. The second-order valence-electron chi connectivity index (χ2n) is 5.16. The van der Waals surface area contributed by atoms with Crippen LogP contribution in [0.15, 0.2) is 11.6 Å². The summed E-state index contributed by atoms with van der Waals surface area (Å²) in [6, 6.07) is 0.650. The Morgan fingerprint density at radius 3 is 3.06 bits per heavy atom. The Labute approximate surface area is 102 Å². The Kier molecular flexibility index (Phi) is 3.62. The molecule has 4 heteroatoms. The monoisotopic (exact) mass is 239 g/mol. The Morgan fingerprint density at radius 2 is 2.44 bits per heavy atom. The second kappa shape index (κ2) is 4.82. The molecule has 3 nitrogen and oxygen atoms in total. The van der Waals surface area contributed by atoms with Crippen LogP contribution in [-0.4, -0.2) is 34.6 Å². The molecule has 1 fully saturated rings. The van der Waals surface area contributed by atoms with Crippen molar-refractivity contribution in [2.75, 3.05) is 13.1 Å². The quantitative estimate of drug-likeness (QED) is 0.875. The number of hydrogen-bond donors (Lipinski definition) is 1. The van der Waals surface area contributed by atoms with Crippen LogP contribution in [-0.2, 0) is 6.54 Å². The van der Waals surface area contributed by atoms with Crippen LogP contribution in [0.25, 0.3) is 0 Å². The highest BCUT2D eigenvalue weighted by Crippen LogP contribution is 2.20. The Hall–Kier alpha value is -0.450. The van der Waals surface area contributed by atoms with E-state index in [1.807, 2.05) is 6.20 Å². The molecule has 0 spiro atoms. The molecule has 1 aliphatic rings. The van der Waals surface area contributed by atoms with E-state index in [1.165, 1.54) is 11.4 Å². The van der Waals surface area contributed by atoms with Gasteiger partial charge in [0.1, 0.15) is 5.01 Å². The van der Waals surface area contributed by atoms with Gasteiger partial charge in [-0.2, -0.15) is 0 Å². The van der Waals surface area contributed by atoms with Crippen LogP contribution < -0.4 is 5.32 Å². The molecule has 1 unspecified atom stereocenters. The van der Waals surface area contributed by atoms with Gasteiger partial charge in [-0.1, -0.05) is 6.92 Å². The highest BCUT2D eigenvalue weighted by Gasteiger charge is 2.31. The molecule has 0 radical (unpaired) electrons. The largest absolute Gasteiger partial charge is 0.309 e. The van der Waals surface area contributed by atoms with Crippen LogP contribution in [0.1, 0.15) is 32.2 Å². The highest BCUT2D eigenvalue weighted by molar-refractivity contribution is 7.09. The van der Waals surface area contributed by atoms with Crippen LogP contribution in [0, 0.1) is 0 Å². The van der Waals surface area contributed by atoms with Gasteiger partial charge in [-0.3, -0.25) is 4.90 Å². The second-order valence-corrected chi connectivity index (χ2v) is 6.14. The first kappa shape index (κ1) is 12.0. The Morgan fingerprint density at radius 1 is 1.62 bits per heavy atom. The zero-order chi connectivity index (χ0) is 11.6. The number of nitrogens with one attached hydrogen (secondary N) is 1. The van der Waals surface area contributed by atoms with E-state index in [0.29, 0.717) is 6.04 Å². The molecule has 1 aromatic heterocycles. The molecule has 0 aromatic carbocycles. The molecule has 1 atom stereocenters. The van der Waals surface area contributed by atoms with Gasteiger partial charge in [-0.25, -0.2) is 4.98 Å². The number of piperazine rings is 1. The normalized spacial score (nSPS) is 25.8. The number of thiazole rings is 1. The summed E-state index contributed by atoms with van der Waals surface area (Å²) in [5.41, 5.74) is 0.225. The minimum absolute atomic E-state index is 0.225. The van der Waals surface area contributed by atoms with Gasteiger partial charge in [0.15, 0.2) is 0 Å². The molecule has 1 N–H and O–H groups in total. The summed E-state index contributed by atoms with van der Waals surface area (Å²) in [5.74, 6) is 0. The molecule has 1 aliphatic heterocycles. The lowest BCUT2D eigenvalue weighted by Crippen LogP contribution is -2.60. The molecule has 0 saturated carbocycles. The average Bonchev–Trinajstić information content (AvgIpc) is 2.70. The van der Waals surface area contributed by atoms with Crippen LogP contribution in [0.5, 0.6) is 0 Å². The third-order valence-electron chi connectivity index (χ3n) is 3.22. The van der Waals surface area contributed by atoms with E-state index in [9.17, 15) is 0 Å². The van der Waals surface area contributed by atoms with E-state index >= 15 is 0 Å². The topological polar surface area (TPSA) is 28.2 Å². The SMILES string of the molecule is CCC1CNC(C)(C)CN1Cc1nccs1. The molecule has 2 rings (SSSR count). The maximum atomic E-state index is 4.38. The Bertz CT molecular complexity index is 321. The maximum Gasteiger partial charge on any atom is 0.107 e. The van der Waals surface area contributed by atoms with E-state index in [0.717, 1.165) is 19.6 Å². The highest BCUT2D eigenvalue weighted by atomic mass is 32.1. The fourth-order valence-electron chi connectivity index (χ4n) is 2.31. The number of hydrogen-bond acceptors (Lipinski definition) is 4. The van der Waals surface area contributed by atoms with Crippen molar-refractivity contribution in [3.8, 4) is 0 Å². The predicted molar refractivity (Wildman–Crippen MR) is 68.7 cm³/mol. The minimum atomic E-state index is 0.225. The molecule has 0 bridgehead atoms. The molecular formula is C12H21N3S. The van der Waals surface area contributed by atoms with Crippen molar-refractivity contribution in [2.45, 2.75) is 45.3 Å². The molecule has 2 heterocycles.